The van der Waals surface area contributed by atoms with Gasteiger partial charge in [0.1, 0.15) is 10.5 Å². The fraction of sp³-hybridized carbons (Fsp3) is 1.00. The molecule has 0 radical (unpaired) electrons. The zero-order chi connectivity index (χ0) is 6.24. The Hall–Kier alpha value is 0.137. The van der Waals surface area contributed by atoms with Gasteiger partial charge in [-0.3, -0.25) is 0 Å². The third kappa shape index (κ3) is 6.14. The van der Waals surface area contributed by atoms with Gasteiger partial charge in [-0.25, -0.2) is 0 Å². The lowest BCUT2D eigenvalue weighted by molar-refractivity contribution is 0.335. The van der Waals surface area contributed by atoms with Crippen LogP contribution in [0.25, 0.3) is 0 Å². The fourth-order valence-electron chi connectivity index (χ4n) is 0.548. The van der Waals surface area contributed by atoms with Crippen LogP contribution in [0.4, 0.5) is 0 Å². The van der Waals surface area contributed by atoms with Crippen molar-refractivity contribution in [3.05, 3.63) is 0 Å². The van der Waals surface area contributed by atoms with Gasteiger partial charge in [0, 0.05) is 6.61 Å². The Morgan fingerprint density at radius 3 is 2.75 bits per heavy atom. The second-order valence-corrected chi connectivity index (χ2v) is 2.38. The predicted molar refractivity (Wildman–Crippen MR) is 39.1 cm³/mol. The molecular formula is C5H15NOSi. The first-order valence-electron chi connectivity index (χ1n) is 3.05. The number of nitrogens with one attached hydrogen (secondary N) is 1. The van der Waals surface area contributed by atoms with Gasteiger partial charge in [0.25, 0.3) is 0 Å². The van der Waals surface area contributed by atoms with Crippen LogP contribution in [0, 0.1) is 0 Å². The van der Waals surface area contributed by atoms with Gasteiger partial charge in [-0.2, -0.15) is 0 Å². The van der Waals surface area contributed by atoms with Crippen LogP contribution >= 0.6 is 0 Å². The SMILES string of the molecule is CNCCCCO[SiH3]. The molecule has 0 aliphatic heterocycles. The van der Waals surface area contributed by atoms with Crippen molar-refractivity contribution < 1.29 is 4.43 Å². The molecule has 0 aromatic carbocycles. The quantitative estimate of drug-likeness (QED) is 0.395. The van der Waals surface area contributed by atoms with E-state index in [1.54, 1.807) is 0 Å². The first-order valence-corrected chi connectivity index (χ1v) is 3.87. The van der Waals surface area contributed by atoms with Crippen LogP contribution in [-0.4, -0.2) is 30.7 Å². The molecule has 0 heterocycles. The van der Waals surface area contributed by atoms with Gasteiger partial charge < -0.3 is 9.74 Å². The van der Waals surface area contributed by atoms with Crippen molar-refractivity contribution in [3.63, 3.8) is 0 Å². The van der Waals surface area contributed by atoms with Gasteiger partial charge in [-0.1, -0.05) is 0 Å². The van der Waals surface area contributed by atoms with Crippen LogP contribution in [0.5, 0.6) is 0 Å². The average molecular weight is 133 g/mol. The lowest BCUT2D eigenvalue weighted by Crippen LogP contribution is -2.08. The number of hydrogen-bond donors (Lipinski definition) is 1. The van der Waals surface area contributed by atoms with Crippen LogP contribution in [-0.2, 0) is 4.43 Å². The lowest BCUT2D eigenvalue weighted by atomic mass is 10.3. The van der Waals surface area contributed by atoms with E-state index in [1.807, 2.05) is 7.05 Å². The molecule has 0 aromatic rings. The summed E-state index contributed by atoms with van der Waals surface area (Å²) >= 11 is 0. The second kappa shape index (κ2) is 7.14. The van der Waals surface area contributed by atoms with Crippen LogP contribution in [0.2, 0.25) is 0 Å². The van der Waals surface area contributed by atoms with E-state index in [1.165, 1.54) is 12.8 Å². The summed E-state index contributed by atoms with van der Waals surface area (Å²) < 4.78 is 5.00. The lowest BCUT2D eigenvalue weighted by Gasteiger charge is -1.97. The van der Waals surface area contributed by atoms with Crippen LogP contribution in [0.15, 0.2) is 0 Å². The first kappa shape index (κ1) is 8.14. The highest BCUT2D eigenvalue weighted by atomic mass is 28.2. The van der Waals surface area contributed by atoms with Crippen molar-refractivity contribution >= 4 is 10.5 Å². The van der Waals surface area contributed by atoms with E-state index in [0.29, 0.717) is 0 Å². The molecule has 0 saturated carbocycles. The maximum atomic E-state index is 5.00. The molecule has 1 N–H and O–H groups in total. The van der Waals surface area contributed by atoms with Crippen molar-refractivity contribution in [2.75, 3.05) is 20.2 Å². The van der Waals surface area contributed by atoms with Crippen molar-refractivity contribution in [1.29, 1.82) is 0 Å². The molecular weight excluding hydrogens is 118 g/mol. The van der Waals surface area contributed by atoms with Crippen molar-refractivity contribution in [3.8, 4) is 0 Å². The maximum Gasteiger partial charge on any atom is 0.145 e. The van der Waals surface area contributed by atoms with E-state index in [4.69, 9.17) is 4.43 Å². The average Bonchev–Trinajstić information content (AvgIpc) is 1.81. The van der Waals surface area contributed by atoms with Gasteiger partial charge in [0.2, 0.25) is 0 Å². The van der Waals surface area contributed by atoms with Crippen molar-refractivity contribution in [2.24, 2.45) is 0 Å². The van der Waals surface area contributed by atoms with E-state index < -0.39 is 0 Å². The minimum Gasteiger partial charge on any atom is -0.428 e. The molecule has 0 fully saturated rings. The molecule has 0 aliphatic carbocycles. The summed E-state index contributed by atoms with van der Waals surface area (Å²) in [6.07, 6.45) is 2.43. The number of rotatable bonds is 5. The Kier molecular flexibility index (Phi) is 7.26. The van der Waals surface area contributed by atoms with Gasteiger partial charge in [-0.05, 0) is 26.4 Å². The molecule has 8 heavy (non-hydrogen) atoms. The standard InChI is InChI=1S/C5H15NOSi/c1-6-4-2-3-5-7-8/h6H,2-5H2,1,8H3. The third-order valence-corrected chi connectivity index (χ3v) is 1.43. The summed E-state index contributed by atoms with van der Waals surface area (Å²) in [4.78, 5) is 0. The topological polar surface area (TPSA) is 21.3 Å². The Morgan fingerprint density at radius 1 is 1.50 bits per heavy atom. The van der Waals surface area contributed by atoms with Gasteiger partial charge in [0.15, 0.2) is 0 Å². The minimum absolute atomic E-state index is 0.887. The Balaban J connectivity index is 2.53. The fourth-order valence-corrected chi connectivity index (χ4v) is 0.837. The molecule has 0 spiro atoms. The van der Waals surface area contributed by atoms with Crippen LogP contribution in [0.3, 0.4) is 0 Å². The molecule has 0 aliphatic rings. The third-order valence-electron chi connectivity index (χ3n) is 1.03. The summed E-state index contributed by atoms with van der Waals surface area (Å²) in [5.41, 5.74) is 0. The minimum atomic E-state index is 0.887. The first-order chi connectivity index (χ1) is 3.91. The zero-order valence-corrected chi connectivity index (χ0v) is 7.74. The highest BCUT2D eigenvalue weighted by Gasteiger charge is 1.82. The zero-order valence-electron chi connectivity index (χ0n) is 5.74. The summed E-state index contributed by atoms with van der Waals surface area (Å²) in [6.45, 7) is 2.07. The molecule has 0 rings (SSSR count). The summed E-state index contributed by atoms with van der Waals surface area (Å²) in [5, 5.41) is 3.08. The Labute approximate surface area is 54.2 Å². The molecule has 0 saturated heterocycles. The molecule has 2 nitrogen and oxygen atoms in total. The summed E-state index contributed by atoms with van der Waals surface area (Å²) in [5.74, 6) is 0. The van der Waals surface area contributed by atoms with E-state index in [9.17, 15) is 0 Å². The second-order valence-electron chi connectivity index (χ2n) is 1.80. The van der Waals surface area contributed by atoms with E-state index in [2.05, 4.69) is 5.32 Å². The molecule has 3 heteroatoms. The van der Waals surface area contributed by atoms with Crippen LogP contribution < -0.4 is 5.32 Å². The van der Waals surface area contributed by atoms with Crippen molar-refractivity contribution in [2.45, 2.75) is 12.8 Å². The summed E-state index contributed by atoms with van der Waals surface area (Å²) in [7, 11) is 2.86. The number of unbranched alkanes of at least 4 members (excludes halogenated alkanes) is 1. The van der Waals surface area contributed by atoms with E-state index >= 15 is 0 Å². The maximum absolute atomic E-state index is 5.00. The molecule has 0 atom stereocenters. The monoisotopic (exact) mass is 133 g/mol. The highest BCUT2D eigenvalue weighted by molar-refractivity contribution is 5.97. The molecule has 0 aromatic heterocycles. The smallest absolute Gasteiger partial charge is 0.145 e. The van der Waals surface area contributed by atoms with E-state index in [0.717, 1.165) is 23.6 Å². The molecule has 0 unspecified atom stereocenters. The molecule has 50 valence electrons. The predicted octanol–water partition coefficient (Wildman–Crippen LogP) is -0.717. The highest BCUT2D eigenvalue weighted by Crippen LogP contribution is 1.84. The van der Waals surface area contributed by atoms with Crippen molar-refractivity contribution in [1.82, 2.24) is 5.32 Å². The van der Waals surface area contributed by atoms with Gasteiger partial charge in [-0.15, -0.1) is 0 Å². The van der Waals surface area contributed by atoms with Crippen LogP contribution in [0.1, 0.15) is 12.8 Å². The van der Waals surface area contributed by atoms with Gasteiger partial charge in [0.05, 0.1) is 0 Å². The summed E-state index contributed by atoms with van der Waals surface area (Å²) in [6, 6.07) is 0. The normalized spacial score (nSPS) is 10.1. The molecule has 0 bridgehead atoms. The van der Waals surface area contributed by atoms with E-state index in [-0.39, 0.29) is 0 Å². The Morgan fingerprint density at radius 2 is 2.25 bits per heavy atom. The Bertz CT molecular complexity index is 37.4. The molecule has 0 amide bonds. The largest absolute Gasteiger partial charge is 0.428 e. The van der Waals surface area contributed by atoms with Gasteiger partial charge >= 0.3 is 0 Å². The number of hydrogen-bond acceptors (Lipinski definition) is 2.